The molecule has 1 aliphatic rings. The molecule has 5 rings (SSSR count). The zero-order chi connectivity index (χ0) is 27.4. The Bertz CT molecular complexity index is 1510. The van der Waals surface area contributed by atoms with Gasteiger partial charge in [-0.25, -0.2) is 14.6 Å². The maximum Gasteiger partial charge on any atom is 0.269 e. The summed E-state index contributed by atoms with van der Waals surface area (Å²) in [5.41, 5.74) is 9.33. The SMILES string of the molecule is CC=CN1CCCC[C@H]1c1nc(-c2ccc(C(=O)Nc3cc(-c4ccccc4)ccn3)cc2)c(C(N)=O)n1N. The highest BCUT2D eigenvalue weighted by Gasteiger charge is 2.30. The molecule has 2 aromatic carbocycles. The number of benzene rings is 2. The molecule has 1 fully saturated rings. The van der Waals surface area contributed by atoms with Gasteiger partial charge >= 0.3 is 0 Å². The number of carbonyl (C=O) groups excluding carboxylic acids is 2. The first-order valence-corrected chi connectivity index (χ1v) is 13.0. The Morgan fingerprint density at radius 3 is 2.49 bits per heavy atom. The first kappa shape index (κ1) is 25.7. The second-order valence-corrected chi connectivity index (χ2v) is 9.46. The molecule has 5 N–H and O–H groups in total. The molecule has 3 heterocycles. The number of piperidine rings is 1. The van der Waals surface area contributed by atoms with Crippen LogP contribution in [0.5, 0.6) is 0 Å². The van der Waals surface area contributed by atoms with Crippen LogP contribution in [-0.2, 0) is 0 Å². The van der Waals surface area contributed by atoms with Gasteiger partial charge in [-0.2, -0.15) is 0 Å². The number of anilines is 1. The lowest BCUT2D eigenvalue weighted by atomic mass is 10.0. The van der Waals surface area contributed by atoms with Crippen molar-refractivity contribution in [1.82, 2.24) is 19.5 Å². The second kappa shape index (κ2) is 11.2. The topological polar surface area (TPSA) is 132 Å². The van der Waals surface area contributed by atoms with Crippen molar-refractivity contribution < 1.29 is 9.59 Å². The van der Waals surface area contributed by atoms with E-state index in [-0.39, 0.29) is 17.6 Å². The Morgan fingerprint density at radius 1 is 1.00 bits per heavy atom. The molecular weight excluding hydrogens is 490 g/mol. The van der Waals surface area contributed by atoms with Crippen LogP contribution in [0.15, 0.2) is 85.2 Å². The molecule has 39 heavy (non-hydrogen) atoms. The van der Waals surface area contributed by atoms with E-state index >= 15 is 0 Å². The van der Waals surface area contributed by atoms with Gasteiger partial charge in [-0.1, -0.05) is 48.5 Å². The molecule has 0 radical (unpaired) electrons. The number of imidazole rings is 1. The summed E-state index contributed by atoms with van der Waals surface area (Å²) in [5, 5.41) is 2.85. The van der Waals surface area contributed by atoms with Crippen molar-refractivity contribution in [2.45, 2.75) is 32.2 Å². The fourth-order valence-electron chi connectivity index (χ4n) is 5.00. The summed E-state index contributed by atoms with van der Waals surface area (Å²) in [6.45, 7) is 2.85. The molecule has 0 saturated carbocycles. The van der Waals surface area contributed by atoms with E-state index in [2.05, 4.69) is 15.2 Å². The van der Waals surface area contributed by atoms with Gasteiger partial charge in [0.05, 0.1) is 6.04 Å². The molecule has 198 valence electrons. The highest BCUT2D eigenvalue weighted by Crippen LogP contribution is 2.33. The molecule has 1 aliphatic heterocycles. The number of nitrogens with zero attached hydrogens (tertiary/aromatic N) is 4. The molecule has 0 unspecified atom stereocenters. The molecule has 0 spiro atoms. The van der Waals surface area contributed by atoms with E-state index in [0.717, 1.165) is 36.9 Å². The first-order chi connectivity index (χ1) is 19.0. The Morgan fingerprint density at radius 2 is 1.77 bits per heavy atom. The third-order valence-corrected chi connectivity index (χ3v) is 6.88. The van der Waals surface area contributed by atoms with E-state index in [0.29, 0.717) is 28.5 Å². The summed E-state index contributed by atoms with van der Waals surface area (Å²) in [6.07, 6.45) is 8.66. The zero-order valence-electron chi connectivity index (χ0n) is 21.7. The predicted octanol–water partition coefficient (Wildman–Crippen LogP) is 4.74. The van der Waals surface area contributed by atoms with Crippen LogP contribution in [0.1, 0.15) is 58.9 Å². The molecule has 2 aromatic heterocycles. The highest BCUT2D eigenvalue weighted by molar-refractivity contribution is 6.04. The maximum atomic E-state index is 13.0. The minimum atomic E-state index is -0.661. The Balaban J connectivity index is 1.39. The molecular formula is C30H31N7O2. The smallest absolute Gasteiger partial charge is 0.269 e. The summed E-state index contributed by atoms with van der Waals surface area (Å²) in [7, 11) is 0. The van der Waals surface area contributed by atoms with Gasteiger partial charge in [0.15, 0.2) is 11.5 Å². The van der Waals surface area contributed by atoms with Gasteiger partial charge in [0.25, 0.3) is 11.8 Å². The predicted molar refractivity (Wildman–Crippen MR) is 152 cm³/mol. The van der Waals surface area contributed by atoms with Gasteiger partial charge in [-0.15, -0.1) is 0 Å². The number of amides is 2. The average Bonchev–Trinajstić information content (AvgIpc) is 3.31. The first-order valence-electron chi connectivity index (χ1n) is 13.0. The van der Waals surface area contributed by atoms with Crippen LogP contribution in [0.3, 0.4) is 0 Å². The standard InChI is InChI=1S/C30H31N7O2/c1-2-17-36-18-7-6-10-24(36)29-35-26(27(28(31)38)37(29)32)21-11-13-22(14-12-21)30(39)34-25-19-23(15-16-33-25)20-8-4-3-5-9-20/h2-5,8-9,11-17,19,24H,6-7,10,18,32H2,1H3,(H2,31,38)(H,33,34,39)/t24-/m0/s1. The van der Waals surface area contributed by atoms with Crippen molar-refractivity contribution in [3.63, 3.8) is 0 Å². The second-order valence-electron chi connectivity index (χ2n) is 9.46. The number of carbonyl (C=O) groups is 2. The summed E-state index contributed by atoms with van der Waals surface area (Å²) < 4.78 is 1.32. The van der Waals surface area contributed by atoms with Crippen LogP contribution in [0.2, 0.25) is 0 Å². The van der Waals surface area contributed by atoms with Gasteiger partial charge in [0.2, 0.25) is 0 Å². The van der Waals surface area contributed by atoms with Crippen LogP contribution in [-0.4, -0.2) is 37.9 Å². The van der Waals surface area contributed by atoms with Gasteiger partial charge in [0.1, 0.15) is 11.5 Å². The number of nitrogens with one attached hydrogen (secondary N) is 1. The van der Waals surface area contributed by atoms with Crippen molar-refractivity contribution in [1.29, 1.82) is 0 Å². The summed E-state index contributed by atoms with van der Waals surface area (Å²) in [4.78, 5) is 36.6. The summed E-state index contributed by atoms with van der Waals surface area (Å²) >= 11 is 0. The summed E-state index contributed by atoms with van der Waals surface area (Å²) in [6, 6.07) is 20.4. The van der Waals surface area contributed by atoms with Crippen molar-refractivity contribution >= 4 is 17.6 Å². The molecule has 0 bridgehead atoms. The minimum Gasteiger partial charge on any atom is -0.368 e. The van der Waals surface area contributed by atoms with E-state index in [9.17, 15) is 9.59 Å². The Hall–Kier alpha value is -4.92. The number of rotatable bonds is 7. The number of primary amides is 1. The number of pyridine rings is 1. The van der Waals surface area contributed by atoms with Crippen LogP contribution in [0, 0.1) is 0 Å². The normalized spacial score (nSPS) is 15.4. The maximum absolute atomic E-state index is 13.0. The number of likely N-dealkylation sites (tertiary alicyclic amines) is 1. The van der Waals surface area contributed by atoms with Crippen LogP contribution in [0.25, 0.3) is 22.4 Å². The van der Waals surface area contributed by atoms with E-state index in [1.807, 2.05) is 61.7 Å². The zero-order valence-corrected chi connectivity index (χ0v) is 21.7. The Kier molecular flexibility index (Phi) is 7.40. The van der Waals surface area contributed by atoms with Crippen molar-refractivity contribution in [3.05, 3.63) is 102 Å². The fraction of sp³-hybridized carbons (Fsp3) is 0.200. The number of nitrogen functional groups attached to an aromatic ring is 1. The fourth-order valence-corrected chi connectivity index (χ4v) is 5.00. The minimum absolute atomic E-state index is 0.0593. The van der Waals surface area contributed by atoms with Gasteiger partial charge in [-0.3, -0.25) is 9.59 Å². The molecule has 9 nitrogen and oxygen atoms in total. The molecule has 4 aromatic rings. The molecule has 1 saturated heterocycles. The van der Waals surface area contributed by atoms with Crippen molar-refractivity contribution in [2.75, 3.05) is 17.7 Å². The van der Waals surface area contributed by atoms with E-state index < -0.39 is 5.91 Å². The van der Waals surface area contributed by atoms with Crippen molar-refractivity contribution in [2.24, 2.45) is 5.73 Å². The lowest BCUT2D eigenvalue weighted by Gasteiger charge is -2.34. The third-order valence-electron chi connectivity index (χ3n) is 6.88. The number of hydrogen-bond donors (Lipinski definition) is 3. The lowest BCUT2D eigenvalue weighted by Crippen LogP contribution is -2.33. The highest BCUT2D eigenvalue weighted by atomic mass is 16.2. The third kappa shape index (κ3) is 5.38. The quantitative estimate of drug-likeness (QED) is 0.301. The van der Waals surface area contributed by atoms with Crippen LogP contribution >= 0.6 is 0 Å². The number of allylic oxidation sites excluding steroid dienone is 1. The van der Waals surface area contributed by atoms with Crippen molar-refractivity contribution in [3.8, 4) is 22.4 Å². The van der Waals surface area contributed by atoms with Gasteiger partial charge in [0, 0.05) is 23.9 Å². The summed E-state index contributed by atoms with van der Waals surface area (Å²) in [5.74, 6) is 6.45. The Labute approximate surface area is 227 Å². The monoisotopic (exact) mass is 521 g/mol. The average molecular weight is 522 g/mol. The van der Waals surface area contributed by atoms with Gasteiger partial charge < -0.3 is 21.8 Å². The molecule has 9 heteroatoms. The number of aromatic nitrogens is 3. The molecule has 0 aliphatic carbocycles. The van der Waals surface area contributed by atoms with Crippen LogP contribution in [0.4, 0.5) is 5.82 Å². The number of nitrogens with two attached hydrogens (primary N) is 2. The van der Waals surface area contributed by atoms with E-state index in [4.69, 9.17) is 16.6 Å². The number of hydrogen-bond acceptors (Lipinski definition) is 6. The molecule has 1 atom stereocenters. The van der Waals surface area contributed by atoms with E-state index in [1.54, 1.807) is 30.5 Å². The van der Waals surface area contributed by atoms with Gasteiger partial charge in [-0.05, 0) is 67.8 Å². The van der Waals surface area contributed by atoms with E-state index in [1.165, 1.54) is 4.68 Å². The molecule has 2 amide bonds. The lowest BCUT2D eigenvalue weighted by molar-refractivity contribution is 0.0990. The largest absolute Gasteiger partial charge is 0.368 e. The van der Waals surface area contributed by atoms with Crippen LogP contribution < -0.4 is 16.9 Å².